The van der Waals surface area contributed by atoms with Gasteiger partial charge in [-0.3, -0.25) is 14.4 Å². The zero-order valence-electron chi connectivity index (χ0n) is 25.4. The number of nitrogens with one attached hydrogen (secondary N) is 3. The molecule has 1 aromatic rings. The Kier molecular flexibility index (Phi) is 9.90. The first-order valence-electron chi connectivity index (χ1n) is 15.0. The maximum absolute atomic E-state index is 13.7. The highest BCUT2D eigenvalue weighted by atomic mass is 32.2. The molecule has 1 aromatic carbocycles. The Bertz CT molecular complexity index is 1460. The summed E-state index contributed by atoms with van der Waals surface area (Å²) in [6.07, 6.45) is 1.83. The zero-order valence-corrected chi connectivity index (χ0v) is 26.2. The third-order valence-electron chi connectivity index (χ3n) is 8.02. The van der Waals surface area contributed by atoms with Crippen molar-refractivity contribution in [2.75, 3.05) is 6.54 Å². The second-order valence-electron chi connectivity index (χ2n) is 12.7. The Morgan fingerprint density at radius 3 is 2.49 bits per heavy atom. The molecule has 4 rings (SSSR count). The van der Waals surface area contributed by atoms with Gasteiger partial charge in [0.1, 0.15) is 23.2 Å². The molecule has 0 spiro atoms. The molecule has 2 fully saturated rings. The van der Waals surface area contributed by atoms with Crippen LogP contribution in [0.3, 0.4) is 0 Å². The van der Waals surface area contributed by atoms with Gasteiger partial charge in [0.05, 0.1) is 10.5 Å². The third-order valence-corrected chi connectivity index (χ3v) is 9.35. The van der Waals surface area contributed by atoms with Crippen LogP contribution in [0.4, 0.5) is 18.0 Å². The van der Waals surface area contributed by atoms with Crippen LogP contribution in [0.15, 0.2) is 41.3 Å². The number of allylic oxidation sites excluding steroid dienone is 1. The van der Waals surface area contributed by atoms with Crippen molar-refractivity contribution in [1.29, 1.82) is 0 Å². The smallest absolute Gasteiger partial charge is 0.416 e. The molecule has 15 heteroatoms. The van der Waals surface area contributed by atoms with E-state index < -0.39 is 79.6 Å². The van der Waals surface area contributed by atoms with Gasteiger partial charge in [0.2, 0.25) is 11.8 Å². The third kappa shape index (κ3) is 8.35. The van der Waals surface area contributed by atoms with Crippen LogP contribution in [0.25, 0.3) is 0 Å². The lowest BCUT2D eigenvalue weighted by Gasteiger charge is -2.30. The predicted molar refractivity (Wildman–Crippen MR) is 156 cm³/mol. The molecule has 4 amide bonds. The molecule has 3 N–H and O–H groups in total. The first kappa shape index (κ1) is 34.3. The van der Waals surface area contributed by atoms with Gasteiger partial charge < -0.3 is 20.3 Å². The van der Waals surface area contributed by atoms with Crippen molar-refractivity contribution in [3.63, 3.8) is 0 Å². The van der Waals surface area contributed by atoms with Gasteiger partial charge in [-0.05, 0) is 77.5 Å². The topological polar surface area (TPSA) is 151 Å². The molecule has 0 bridgehead atoms. The minimum Gasteiger partial charge on any atom is -0.444 e. The highest BCUT2D eigenvalue weighted by Crippen LogP contribution is 2.46. The Labute approximate surface area is 260 Å². The standard InChI is InChI=1S/C30H39F3N4O7S/c1-28(2,3)44-27(41)34-22-14-8-6-4-5-7-11-20-18-29(20,35-24(38)23-15-10-16-37(23)25(22)39)26(40)36-45(42,43)21-13-9-12-19(17-21)30(31,32)33/h7,9,11-13,17,20,22-23H,4-6,8,10,14-16,18H2,1-3H3,(H,34,41)(H,35,38)(H,36,40)/t20-,22+,23+,29-/m1/s1. The van der Waals surface area contributed by atoms with Gasteiger partial charge in [-0.15, -0.1) is 0 Å². The quantitative estimate of drug-likeness (QED) is 0.418. The summed E-state index contributed by atoms with van der Waals surface area (Å²) in [5, 5.41) is 5.32. The second kappa shape index (κ2) is 13.0. The van der Waals surface area contributed by atoms with E-state index in [2.05, 4.69) is 10.6 Å². The monoisotopic (exact) mass is 656 g/mol. The van der Waals surface area contributed by atoms with Crippen LogP contribution < -0.4 is 15.4 Å². The SMILES string of the molecule is CC(C)(C)OC(=O)N[C@H]1CCCCCC=C[C@@H]2C[C@@]2(C(=O)NS(=O)(=O)c2cccc(C(F)(F)F)c2)NC(=O)[C@@H]2CCCN2C1=O. The minimum absolute atomic E-state index is 0.0582. The summed E-state index contributed by atoms with van der Waals surface area (Å²) >= 11 is 0. The molecule has 3 aliphatic rings. The number of benzene rings is 1. The molecule has 1 saturated heterocycles. The summed E-state index contributed by atoms with van der Waals surface area (Å²) < 4.78 is 72.9. The first-order valence-corrected chi connectivity index (χ1v) is 16.4. The second-order valence-corrected chi connectivity index (χ2v) is 14.4. The fourth-order valence-electron chi connectivity index (χ4n) is 5.65. The van der Waals surface area contributed by atoms with Crippen LogP contribution in [0, 0.1) is 5.92 Å². The number of alkyl carbamates (subject to hydrolysis) is 1. The van der Waals surface area contributed by atoms with Gasteiger partial charge >= 0.3 is 12.3 Å². The molecule has 45 heavy (non-hydrogen) atoms. The lowest BCUT2D eigenvalue weighted by atomic mass is 10.0. The Morgan fingerprint density at radius 1 is 1.07 bits per heavy atom. The number of nitrogens with zero attached hydrogens (tertiary/aromatic N) is 1. The van der Waals surface area contributed by atoms with Crippen molar-refractivity contribution in [3.8, 4) is 0 Å². The van der Waals surface area contributed by atoms with E-state index >= 15 is 0 Å². The van der Waals surface area contributed by atoms with E-state index in [9.17, 15) is 40.8 Å². The summed E-state index contributed by atoms with van der Waals surface area (Å²) in [6, 6.07) is 1.06. The van der Waals surface area contributed by atoms with E-state index in [0.717, 1.165) is 25.0 Å². The molecule has 248 valence electrons. The molecule has 0 unspecified atom stereocenters. The number of fused-ring (bicyclic) bond motifs is 2. The van der Waals surface area contributed by atoms with Crippen LogP contribution in [0.2, 0.25) is 0 Å². The number of halogens is 3. The van der Waals surface area contributed by atoms with Crippen molar-refractivity contribution < 1.29 is 45.5 Å². The molecule has 2 heterocycles. The van der Waals surface area contributed by atoms with Crippen LogP contribution in [0.5, 0.6) is 0 Å². The molecule has 11 nitrogen and oxygen atoms in total. The van der Waals surface area contributed by atoms with Gasteiger partial charge in [-0.2, -0.15) is 13.2 Å². The highest BCUT2D eigenvalue weighted by Gasteiger charge is 2.61. The molecule has 1 saturated carbocycles. The summed E-state index contributed by atoms with van der Waals surface area (Å²) in [4.78, 5) is 54.0. The number of hydrogen-bond acceptors (Lipinski definition) is 7. The highest BCUT2D eigenvalue weighted by molar-refractivity contribution is 7.90. The van der Waals surface area contributed by atoms with Crippen molar-refractivity contribution in [3.05, 3.63) is 42.0 Å². The lowest BCUT2D eigenvalue weighted by Crippen LogP contribution is -2.58. The minimum atomic E-state index is -4.80. The Hall–Kier alpha value is -3.62. The molecular weight excluding hydrogens is 617 g/mol. The van der Waals surface area contributed by atoms with Crippen LogP contribution >= 0.6 is 0 Å². The van der Waals surface area contributed by atoms with Gasteiger partial charge in [0.15, 0.2) is 0 Å². The predicted octanol–water partition coefficient (Wildman–Crippen LogP) is 3.79. The molecule has 0 aromatic heterocycles. The van der Waals surface area contributed by atoms with Crippen molar-refractivity contribution in [2.45, 2.75) is 106 Å². The average molecular weight is 657 g/mol. The largest absolute Gasteiger partial charge is 0.444 e. The fraction of sp³-hybridized carbons (Fsp3) is 0.600. The number of ether oxygens (including phenoxy) is 1. The number of hydrogen-bond donors (Lipinski definition) is 3. The number of rotatable bonds is 4. The summed E-state index contributed by atoms with van der Waals surface area (Å²) in [5.41, 5.74) is -3.68. The van der Waals surface area contributed by atoms with Gasteiger partial charge in [0, 0.05) is 12.5 Å². The number of sulfonamides is 1. The van der Waals surface area contributed by atoms with E-state index in [1.165, 1.54) is 4.90 Å². The number of carbonyl (C=O) groups is 4. The van der Waals surface area contributed by atoms with E-state index in [1.54, 1.807) is 26.8 Å². The number of amides is 4. The summed E-state index contributed by atoms with van der Waals surface area (Å²) in [7, 11) is -4.74. The van der Waals surface area contributed by atoms with Crippen molar-refractivity contribution in [2.24, 2.45) is 5.92 Å². The normalized spacial score (nSPS) is 26.4. The first-order chi connectivity index (χ1) is 20.9. The van der Waals surface area contributed by atoms with Crippen LogP contribution in [0.1, 0.15) is 77.7 Å². The van der Waals surface area contributed by atoms with Gasteiger partial charge in [-0.1, -0.05) is 31.1 Å². The fourth-order valence-corrected chi connectivity index (χ4v) is 6.74. The van der Waals surface area contributed by atoms with Crippen LogP contribution in [-0.4, -0.2) is 66.9 Å². The van der Waals surface area contributed by atoms with E-state index in [4.69, 9.17) is 4.74 Å². The number of carbonyl (C=O) groups excluding carboxylic acids is 4. The maximum atomic E-state index is 13.7. The molecule has 2 aliphatic heterocycles. The van der Waals surface area contributed by atoms with Crippen molar-refractivity contribution >= 4 is 33.8 Å². The van der Waals surface area contributed by atoms with Gasteiger partial charge in [-0.25, -0.2) is 17.9 Å². The molecule has 1 aliphatic carbocycles. The molecular formula is C30H39F3N4O7S. The van der Waals surface area contributed by atoms with E-state index in [-0.39, 0.29) is 19.4 Å². The van der Waals surface area contributed by atoms with Crippen LogP contribution in [-0.2, 0) is 35.3 Å². The maximum Gasteiger partial charge on any atom is 0.416 e. The Balaban J connectivity index is 1.57. The summed E-state index contributed by atoms with van der Waals surface area (Å²) in [6.45, 7) is 5.32. The summed E-state index contributed by atoms with van der Waals surface area (Å²) in [5.74, 6) is -2.80. The van der Waals surface area contributed by atoms with E-state index in [0.29, 0.717) is 37.8 Å². The lowest BCUT2D eigenvalue weighted by molar-refractivity contribution is -0.141. The van der Waals surface area contributed by atoms with Gasteiger partial charge in [0.25, 0.3) is 15.9 Å². The van der Waals surface area contributed by atoms with E-state index in [1.807, 2.05) is 10.8 Å². The Morgan fingerprint density at radius 2 is 1.80 bits per heavy atom. The zero-order chi connectivity index (χ0) is 33.2. The molecule has 0 radical (unpaired) electrons. The molecule has 4 atom stereocenters. The van der Waals surface area contributed by atoms with Crippen molar-refractivity contribution in [1.82, 2.24) is 20.3 Å². The number of alkyl halides is 3. The average Bonchev–Trinajstić information content (AvgIpc) is 3.39.